The second kappa shape index (κ2) is 9.77. The van der Waals surface area contributed by atoms with Crippen molar-refractivity contribution in [2.24, 2.45) is 0 Å². The fourth-order valence-electron chi connectivity index (χ4n) is 4.94. The molecule has 1 saturated heterocycles. The van der Waals surface area contributed by atoms with Crippen molar-refractivity contribution in [3.05, 3.63) is 59.7 Å². The summed E-state index contributed by atoms with van der Waals surface area (Å²) >= 11 is 0. The summed E-state index contributed by atoms with van der Waals surface area (Å²) in [5.74, 6) is 0.147. The van der Waals surface area contributed by atoms with Gasteiger partial charge in [-0.3, -0.25) is 14.4 Å². The van der Waals surface area contributed by atoms with Crippen LogP contribution in [0.5, 0.6) is 5.75 Å². The highest BCUT2D eigenvalue weighted by Gasteiger charge is 2.46. The predicted molar refractivity (Wildman–Crippen MR) is 127 cm³/mol. The Kier molecular flexibility index (Phi) is 6.82. The highest BCUT2D eigenvalue weighted by molar-refractivity contribution is 6.23. The molecule has 1 aliphatic carbocycles. The standard InChI is InChI=1S/C27H32N2O4/c1-18(2)19-12-14-22(15-13-19)29-25(30)17-24(27(29)32)28(21-9-5-4-6-10-21)26(31)20-8-7-11-23(16-20)33-3/h7-8,11-16,18,21,24H,4-6,9-10,17H2,1-3H3. The van der Waals surface area contributed by atoms with Gasteiger partial charge in [-0.15, -0.1) is 0 Å². The third-order valence-electron chi connectivity index (χ3n) is 6.80. The molecule has 1 aliphatic heterocycles. The van der Waals surface area contributed by atoms with Crippen molar-refractivity contribution in [2.45, 2.75) is 70.4 Å². The van der Waals surface area contributed by atoms with Gasteiger partial charge in [0.25, 0.3) is 11.8 Å². The first kappa shape index (κ1) is 23.0. The van der Waals surface area contributed by atoms with Crippen molar-refractivity contribution in [3.8, 4) is 5.75 Å². The van der Waals surface area contributed by atoms with Crippen LogP contribution >= 0.6 is 0 Å². The first-order chi connectivity index (χ1) is 15.9. The number of carbonyl (C=O) groups is 3. The van der Waals surface area contributed by atoms with E-state index in [1.54, 1.807) is 36.3 Å². The van der Waals surface area contributed by atoms with Crippen LogP contribution < -0.4 is 9.64 Å². The van der Waals surface area contributed by atoms with Gasteiger partial charge in [-0.1, -0.05) is 51.3 Å². The van der Waals surface area contributed by atoms with Crippen LogP contribution in [-0.4, -0.2) is 41.8 Å². The number of nitrogens with zero attached hydrogens (tertiary/aromatic N) is 2. The van der Waals surface area contributed by atoms with Gasteiger partial charge in [-0.2, -0.15) is 0 Å². The monoisotopic (exact) mass is 448 g/mol. The molecular formula is C27H32N2O4. The molecular weight excluding hydrogens is 416 g/mol. The zero-order valence-electron chi connectivity index (χ0n) is 19.6. The Morgan fingerprint density at radius 1 is 1.03 bits per heavy atom. The minimum atomic E-state index is -0.788. The zero-order chi connectivity index (χ0) is 23.5. The van der Waals surface area contributed by atoms with E-state index in [9.17, 15) is 14.4 Å². The summed E-state index contributed by atoms with van der Waals surface area (Å²) in [6, 6.07) is 13.7. The van der Waals surface area contributed by atoms with E-state index in [-0.39, 0.29) is 30.2 Å². The van der Waals surface area contributed by atoms with Crippen LogP contribution in [0.25, 0.3) is 0 Å². The number of hydrogen-bond donors (Lipinski definition) is 0. The van der Waals surface area contributed by atoms with Gasteiger partial charge in [-0.25, -0.2) is 4.90 Å². The molecule has 2 aromatic carbocycles. The Morgan fingerprint density at radius 3 is 2.36 bits per heavy atom. The Morgan fingerprint density at radius 2 is 1.73 bits per heavy atom. The lowest BCUT2D eigenvalue weighted by Gasteiger charge is -2.37. The van der Waals surface area contributed by atoms with Crippen LogP contribution in [0.2, 0.25) is 0 Å². The largest absolute Gasteiger partial charge is 0.497 e. The van der Waals surface area contributed by atoms with Gasteiger partial charge in [0.2, 0.25) is 5.91 Å². The molecule has 3 amide bonds. The average Bonchev–Trinajstić information content (AvgIpc) is 3.13. The van der Waals surface area contributed by atoms with Crippen molar-refractivity contribution in [1.29, 1.82) is 0 Å². The molecule has 2 aliphatic rings. The number of amides is 3. The van der Waals surface area contributed by atoms with Crippen LogP contribution in [-0.2, 0) is 9.59 Å². The van der Waals surface area contributed by atoms with E-state index in [1.807, 2.05) is 24.3 Å². The Labute approximate surface area is 195 Å². The van der Waals surface area contributed by atoms with E-state index in [0.29, 0.717) is 22.9 Å². The smallest absolute Gasteiger partial charge is 0.257 e. The number of benzene rings is 2. The summed E-state index contributed by atoms with van der Waals surface area (Å²) in [6.45, 7) is 4.20. The molecule has 0 N–H and O–H groups in total. The predicted octanol–water partition coefficient (Wildman–Crippen LogP) is 4.93. The second-order valence-electron chi connectivity index (χ2n) is 9.27. The lowest BCUT2D eigenvalue weighted by molar-refractivity contribution is -0.123. The van der Waals surface area contributed by atoms with Crippen molar-refractivity contribution in [1.82, 2.24) is 4.90 Å². The highest BCUT2D eigenvalue weighted by Crippen LogP contribution is 2.33. The number of carbonyl (C=O) groups excluding carboxylic acids is 3. The van der Waals surface area contributed by atoms with Crippen LogP contribution in [0.4, 0.5) is 5.69 Å². The SMILES string of the molecule is COc1cccc(C(=O)N(C2CCCCC2)C2CC(=O)N(c3ccc(C(C)C)cc3)C2=O)c1. The summed E-state index contributed by atoms with van der Waals surface area (Å²) in [7, 11) is 1.56. The van der Waals surface area contributed by atoms with E-state index in [2.05, 4.69) is 13.8 Å². The molecule has 0 aromatic heterocycles. The quantitative estimate of drug-likeness (QED) is 0.588. The van der Waals surface area contributed by atoms with Gasteiger partial charge in [0.1, 0.15) is 11.8 Å². The van der Waals surface area contributed by atoms with E-state index in [0.717, 1.165) is 37.7 Å². The topological polar surface area (TPSA) is 66.9 Å². The lowest BCUT2D eigenvalue weighted by atomic mass is 9.92. The van der Waals surface area contributed by atoms with Crippen molar-refractivity contribution in [2.75, 3.05) is 12.0 Å². The molecule has 1 heterocycles. The fourth-order valence-corrected chi connectivity index (χ4v) is 4.94. The van der Waals surface area contributed by atoms with E-state index in [4.69, 9.17) is 4.74 Å². The van der Waals surface area contributed by atoms with Crippen LogP contribution in [0, 0.1) is 0 Å². The van der Waals surface area contributed by atoms with Gasteiger partial charge in [0.15, 0.2) is 0 Å². The number of ether oxygens (including phenoxy) is 1. The van der Waals surface area contributed by atoms with E-state index in [1.165, 1.54) is 4.90 Å². The van der Waals surface area contributed by atoms with Gasteiger partial charge >= 0.3 is 0 Å². The average molecular weight is 449 g/mol. The third-order valence-corrected chi connectivity index (χ3v) is 6.80. The maximum Gasteiger partial charge on any atom is 0.257 e. The number of rotatable bonds is 6. The minimum absolute atomic E-state index is 0.0109. The lowest BCUT2D eigenvalue weighted by Crippen LogP contribution is -2.51. The molecule has 0 radical (unpaired) electrons. The molecule has 174 valence electrons. The molecule has 1 saturated carbocycles. The maximum atomic E-state index is 13.7. The summed E-state index contributed by atoms with van der Waals surface area (Å²) < 4.78 is 5.30. The van der Waals surface area contributed by atoms with E-state index >= 15 is 0 Å². The number of methoxy groups -OCH3 is 1. The first-order valence-electron chi connectivity index (χ1n) is 11.8. The Bertz CT molecular complexity index is 1020. The molecule has 4 rings (SSSR count). The molecule has 2 fully saturated rings. The molecule has 1 atom stereocenters. The molecule has 0 bridgehead atoms. The first-order valence-corrected chi connectivity index (χ1v) is 11.8. The van der Waals surface area contributed by atoms with Crippen molar-refractivity contribution in [3.63, 3.8) is 0 Å². The molecule has 1 unspecified atom stereocenters. The molecule has 33 heavy (non-hydrogen) atoms. The highest BCUT2D eigenvalue weighted by atomic mass is 16.5. The van der Waals surface area contributed by atoms with E-state index < -0.39 is 6.04 Å². The van der Waals surface area contributed by atoms with Crippen LogP contribution in [0.1, 0.15) is 74.2 Å². The summed E-state index contributed by atoms with van der Waals surface area (Å²) in [6.07, 6.45) is 4.86. The van der Waals surface area contributed by atoms with Gasteiger partial charge < -0.3 is 9.64 Å². The molecule has 2 aromatic rings. The summed E-state index contributed by atoms with van der Waals surface area (Å²) in [5.41, 5.74) is 2.18. The Hall–Kier alpha value is -3.15. The van der Waals surface area contributed by atoms with Gasteiger partial charge in [0, 0.05) is 11.6 Å². The van der Waals surface area contributed by atoms with Gasteiger partial charge in [0.05, 0.1) is 19.2 Å². The minimum Gasteiger partial charge on any atom is -0.497 e. The Balaban J connectivity index is 1.66. The maximum absolute atomic E-state index is 13.7. The third kappa shape index (κ3) is 4.65. The number of anilines is 1. The summed E-state index contributed by atoms with van der Waals surface area (Å²) in [4.78, 5) is 43.2. The molecule has 6 nitrogen and oxygen atoms in total. The van der Waals surface area contributed by atoms with Crippen molar-refractivity contribution >= 4 is 23.4 Å². The molecule has 6 heteroatoms. The summed E-state index contributed by atoms with van der Waals surface area (Å²) in [5, 5.41) is 0. The normalized spacial score (nSPS) is 19.3. The number of imide groups is 1. The van der Waals surface area contributed by atoms with Crippen LogP contribution in [0.3, 0.4) is 0 Å². The van der Waals surface area contributed by atoms with Crippen molar-refractivity contribution < 1.29 is 19.1 Å². The fraction of sp³-hybridized carbons (Fsp3) is 0.444. The second-order valence-corrected chi connectivity index (χ2v) is 9.27. The zero-order valence-corrected chi connectivity index (χ0v) is 19.6. The van der Waals surface area contributed by atoms with Gasteiger partial charge in [-0.05, 0) is 54.7 Å². The van der Waals surface area contributed by atoms with Crippen LogP contribution in [0.15, 0.2) is 48.5 Å². The number of hydrogen-bond acceptors (Lipinski definition) is 4. The molecule has 0 spiro atoms.